The van der Waals surface area contributed by atoms with Crippen molar-refractivity contribution in [3.8, 4) is 0 Å². The van der Waals surface area contributed by atoms with Crippen molar-refractivity contribution >= 4 is 10.1 Å². The summed E-state index contributed by atoms with van der Waals surface area (Å²) in [5.41, 5.74) is -3.10. The highest BCUT2D eigenvalue weighted by Gasteiger charge is 2.54. The highest BCUT2D eigenvalue weighted by Crippen LogP contribution is 2.33. The molecule has 33 heavy (non-hydrogen) atoms. The second-order valence-corrected chi connectivity index (χ2v) is 15.5. The van der Waals surface area contributed by atoms with Crippen LogP contribution in [0.25, 0.3) is 0 Å². The molecule has 0 spiro atoms. The Hall–Kier alpha value is -1.13. The van der Waals surface area contributed by atoms with Crippen LogP contribution in [-0.2, 0) is 12.6 Å². The van der Waals surface area contributed by atoms with Crippen LogP contribution in [0.1, 0.15) is 87.2 Å². The van der Waals surface area contributed by atoms with E-state index in [1.54, 1.807) is 24.3 Å². The van der Waals surface area contributed by atoms with Gasteiger partial charge in [0.2, 0.25) is 0 Å². The van der Waals surface area contributed by atoms with Crippen molar-refractivity contribution in [2.75, 3.05) is 0 Å². The highest BCUT2D eigenvalue weighted by molar-refractivity contribution is 7.87. The predicted molar refractivity (Wildman–Crippen MR) is 118 cm³/mol. The fourth-order valence-electron chi connectivity index (χ4n) is 4.89. The number of hydrogen-bond acceptors (Lipinski definition) is 3. The summed E-state index contributed by atoms with van der Waals surface area (Å²) in [7, 11) is -5.68. The molecule has 2 aliphatic rings. The van der Waals surface area contributed by atoms with Crippen molar-refractivity contribution in [3.63, 3.8) is 0 Å². The standard InChI is InChI=1S/C25H30F3IO3S/c26-25(27,28)33(30,31)32-29(23-15-11-21(12-16-23)19-7-3-1-4-8-19)24-17-13-22(14-18-24)20-9-5-2-6-10-20/h11-20H,1-10H2/q+1. The lowest BCUT2D eigenvalue weighted by Gasteiger charge is -2.22. The van der Waals surface area contributed by atoms with Gasteiger partial charge in [-0.3, -0.25) is 0 Å². The Kier molecular flexibility index (Phi) is 8.06. The fourth-order valence-corrected chi connectivity index (χ4v) is 11.3. The molecule has 8 heteroatoms. The van der Waals surface area contributed by atoms with Crippen LogP contribution in [-0.4, -0.2) is 13.9 Å². The summed E-state index contributed by atoms with van der Waals surface area (Å²) in [6.07, 6.45) is 11.7. The number of alkyl halides is 3. The lowest BCUT2D eigenvalue weighted by molar-refractivity contribution is -1.03. The monoisotopic (exact) mass is 594 g/mol. The summed E-state index contributed by atoms with van der Waals surface area (Å²) in [5.74, 6) is 0.925. The summed E-state index contributed by atoms with van der Waals surface area (Å²) in [4.78, 5) is 0. The van der Waals surface area contributed by atoms with Gasteiger partial charge in [-0.1, -0.05) is 62.8 Å². The fraction of sp³-hybridized carbons (Fsp3) is 0.520. The van der Waals surface area contributed by atoms with Crippen molar-refractivity contribution in [2.45, 2.75) is 81.6 Å². The molecule has 0 amide bonds. The molecular weight excluding hydrogens is 564 g/mol. The SMILES string of the molecule is O=S(=O)(O[I+](c1ccc(C2CCCCC2)cc1)c1ccc(C2CCCCC2)cc1)C(F)(F)F. The van der Waals surface area contributed by atoms with Crippen LogP contribution in [0.2, 0.25) is 0 Å². The molecule has 0 unspecified atom stereocenters. The van der Waals surface area contributed by atoms with Gasteiger partial charge in [0.15, 0.2) is 7.14 Å². The minimum Gasteiger partial charge on any atom is -0.186 e. The Balaban J connectivity index is 1.62. The highest BCUT2D eigenvalue weighted by atomic mass is 127. The van der Waals surface area contributed by atoms with Crippen molar-refractivity contribution in [1.82, 2.24) is 0 Å². The second kappa shape index (κ2) is 10.6. The third kappa shape index (κ3) is 6.11. The van der Waals surface area contributed by atoms with Gasteiger partial charge in [0.25, 0.3) is 0 Å². The first-order valence-corrected chi connectivity index (χ1v) is 16.1. The van der Waals surface area contributed by atoms with E-state index in [0.29, 0.717) is 19.0 Å². The van der Waals surface area contributed by atoms with E-state index >= 15 is 0 Å². The van der Waals surface area contributed by atoms with Crippen LogP contribution >= 0.6 is 0 Å². The predicted octanol–water partition coefficient (Wildman–Crippen LogP) is 4.23. The van der Waals surface area contributed by atoms with E-state index in [9.17, 15) is 21.6 Å². The second-order valence-electron chi connectivity index (χ2n) is 8.98. The number of hydrogen-bond donors (Lipinski definition) is 0. The lowest BCUT2D eigenvalue weighted by atomic mass is 9.84. The summed E-state index contributed by atoms with van der Waals surface area (Å²) in [6.45, 7) is 0. The van der Waals surface area contributed by atoms with E-state index in [0.717, 1.165) is 25.7 Å². The molecule has 0 aromatic heterocycles. The van der Waals surface area contributed by atoms with Crippen LogP contribution in [0.5, 0.6) is 0 Å². The summed E-state index contributed by atoms with van der Waals surface area (Å²) in [5, 5.41) is 0. The maximum absolute atomic E-state index is 13.2. The summed E-state index contributed by atoms with van der Waals surface area (Å²) in [6, 6.07) is 14.9. The Morgan fingerprint density at radius 2 is 1.03 bits per heavy atom. The molecule has 2 aromatic carbocycles. The zero-order valence-corrected chi connectivity index (χ0v) is 21.5. The number of halogens is 4. The normalized spacial score (nSPS) is 19.2. The minimum atomic E-state index is -5.68. The largest absolute Gasteiger partial charge is 0.526 e. The van der Waals surface area contributed by atoms with Gasteiger partial charge in [0, 0.05) is 0 Å². The van der Waals surface area contributed by atoms with E-state index in [2.05, 4.69) is 0 Å². The molecule has 2 aromatic rings. The summed E-state index contributed by atoms with van der Waals surface area (Å²) < 4.78 is 69.4. The zero-order chi connectivity index (χ0) is 23.5. The van der Waals surface area contributed by atoms with Crippen LogP contribution in [0.15, 0.2) is 48.5 Å². The Morgan fingerprint density at radius 1 is 0.667 bits per heavy atom. The first kappa shape index (κ1) is 25.0. The van der Waals surface area contributed by atoms with Crippen LogP contribution < -0.4 is 20.2 Å². The molecule has 1 radical (unpaired) electrons. The van der Waals surface area contributed by atoms with Crippen LogP contribution in [0.4, 0.5) is 13.2 Å². The van der Waals surface area contributed by atoms with Gasteiger partial charge in [-0.15, -0.1) is 0 Å². The van der Waals surface area contributed by atoms with Crippen molar-refractivity contribution in [2.24, 2.45) is 0 Å². The van der Waals surface area contributed by atoms with Crippen molar-refractivity contribution in [1.29, 1.82) is 0 Å². The topological polar surface area (TPSA) is 43.4 Å². The van der Waals surface area contributed by atoms with Gasteiger partial charge in [0.1, 0.15) is 0 Å². The molecular formula is C25H30F3IO3S+. The Bertz CT molecular complexity index is 947. The average molecular weight is 594 g/mol. The van der Waals surface area contributed by atoms with E-state index in [1.165, 1.54) is 49.7 Å². The van der Waals surface area contributed by atoms with Gasteiger partial charge in [-0.2, -0.15) is 21.6 Å². The summed E-state index contributed by atoms with van der Waals surface area (Å²) >= 11 is -3.33. The molecule has 0 aliphatic heterocycles. The van der Waals surface area contributed by atoms with E-state index in [1.807, 2.05) is 24.3 Å². The maximum atomic E-state index is 13.2. The average Bonchev–Trinajstić information content (AvgIpc) is 2.83. The third-order valence-corrected chi connectivity index (χ3v) is 13.8. The van der Waals surface area contributed by atoms with Gasteiger partial charge < -0.3 is 0 Å². The molecule has 2 fully saturated rings. The van der Waals surface area contributed by atoms with E-state index in [-0.39, 0.29) is 0 Å². The van der Waals surface area contributed by atoms with Gasteiger partial charge in [-0.25, -0.2) is 0 Å². The maximum Gasteiger partial charge on any atom is 0.526 e. The van der Waals surface area contributed by atoms with Gasteiger partial charge in [-0.05, 0) is 75.4 Å². The molecule has 2 saturated carbocycles. The third-order valence-electron chi connectivity index (χ3n) is 6.72. The molecule has 4 rings (SSSR count). The quantitative estimate of drug-likeness (QED) is 0.372. The molecule has 3 nitrogen and oxygen atoms in total. The smallest absolute Gasteiger partial charge is 0.186 e. The number of benzene rings is 2. The van der Waals surface area contributed by atoms with Gasteiger partial charge in [0.05, 0.1) is 0 Å². The number of rotatable bonds is 6. The molecule has 0 bridgehead atoms. The zero-order valence-electron chi connectivity index (χ0n) is 18.5. The molecule has 0 atom stereocenters. The van der Waals surface area contributed by atoms with E-state index < -0.39 is 35.9 Å². The first-order valence-electron chi connectivity index (χ1n) is 11.7. The minimum absolute atomic E-state index is 0.463. The van der Waals surface area contributed by atoms with Gasteiger partial charge >= 0.3 is 35.9 Å². The Morgan fingerprint density at radius 3 is 1.36 bits per heavy atom. The lowest BCUT2D eigenvalue weighted by Crippen LogP contribution is -3.85. The first-order chi connectivity index (χ1) is 15.7. The van der Waals surface area contributed by atoms with Crippen molar-refractivity contribution in [3.05, 3.63) is 66.8 Å². The Labute approximate surface area is 202 Å². The van der Waals surface area contributed by atoms with Crippen molar-refractivity contribution < 1.29 is 44.3 Å². The molecule has 0 N–H and O–H groups in total. The van der Waals surface area contributed by atoms with Crippen LogP contribution in [0, 0.1) is 7.14 Å². The molecule has 2 aliphatic carbocycles. The molecule has 181 valence electrons. The molecule has 0 saturated heterocycles. The molecule has 0 heterocycles. The van der Waals surface area contributed by atoms with Crippen LogP contribution in [0.3, 0.4) is 0 Å². The van der Waals surface area contributed by atoms with E-state index in [4.69, 9.17) is 2.51 Å².